The van der Waals surface area contributed by atoms with Gasteiger partial charge in [0.1, 0.15) is 6.04 Å². The summed E-state index contributed by atoms with van der Waals surface area (Å²) in [6.07, 6.45) is -5.01. The highest BCUT2D eigenvalue weighted by atomic mass is 35.5. The molecule has 8 heteroatoms. The summed E-state index contributed by atoms with van der Waals surface area (Å²) in [6, 6.07) is -1.56. The molecular weight excluding hydrogens is 239 g/mol. The highest BCUT2D eigenvalue weighted by Crippen LogP contribution is 2.15. The normalized spacial score (nSPS) is 13.3. The largest absolute Gasteiger partial charge is 0.480 e. The van der Waals surface area contributed by atoms with Crippen LogP contribution in [0.3, 0.4) is 0 Å². The Balaban J connectivity index is 4.29. The van der Waals surface area contributed by atoms with Crippen LogP contribution in [0.4, 0.5) is 13.2 Å². The summed E-state index contributed by atoms with van der Waals surface area (Å²) >= 11 is 5.25. The lowest BCUT2D eigenvalue weighted by atomic mass is 10.1. The highest BCUT2D eigenvalue weighted by Gasteiger charge is 2.40. The van der Waals surface area contributed by atoms with E-state index in [1.165, 1.54) is 5.32 Å². The standard InChI is InChI=1S/C7H9ClF3NO3/c8-3-1-2-4(5(13)14)12-6(15)7(9,10)11/h4H,1-3H2,(H,12,15)(H,13,14)/t4-/m0/s1. The molecule has 0 saturated heterocycles. The van der Waals surface area contributed by atoms with Gasteiger partial charge in [-0.25, -0.2) is 4.79 Å². The average Bonchev–Trinajstić information content (AvgIpc) is 2.09. The van der Waals surface area contributed by atoms with Crippen LogP contribution in [0.15, 0.2) is 0 Å². The fraction of sp³-hybridized carbons (Fsp3) is 0.714. The third-order valence-corrected chi connectivity index (χ3v) is 1.75. The van der Waals surface area contributed by atoms with E-state index in [2.05, 4.69) is 0 Å². The number of carbonyl (C=O) groups excluding carboxylic acids is 1. The Hall–Kier alpha value is -0.980. The molecule has 0 spiro atoms. The van der Waals surface area contributed by atoms with E-state index in [0.717, 1.165) is 0 Å². The van der Waals surface area contributed by atoms with Crippen molar-refractivity contribution in [1.82, 2.24) is 5.32 Å². The first-order valence-corrected chi connectivity index (χ1v) is 4.49. The van der Waals surface area contributed by atoms with Gasteiger partial charge >= 0.3 is 18.1 Å². The maximum absolute atomic E-state index is 11.8. The Kier molecular flexibility index (Phi) is 5.41. The molecule has 0 aromatic rings. The second-order valence-electron chi connectivity index (χ2n) is 2.69. The number of carboxylic acids is 1. The Labute approximate surface area is 88.4 Å². The van der Waals surface area contributed by atoms with E-state index in [1.54, 1.807) is 0 Å². The molecule has 15 heavy (non-hydrogen) atoms. The van der Waals surface area contributed by atoms with Crippen molar-refractivity contribution >= 4 is 23.5 Å². The molecule has 2 N–H and O–H groups in total. The van der Waals surface area contributed by atoms with Crippen molar-refractivity contribution in [3.63, 3.8) is 0 Å². The van der Waals surface area contributed by atoms with Gasteiger partial charge in [0.25, 0.3) is 0 Å². The third-order valence-electron chi connectivity index (χ3n) is 1.49. The Bertz CT molecular complexity index is 244. The number of aliphatic carboxylic acids is 1. The lowest BCUT2D eigenvalue weighted by molar-refractivity contribution is -0.175. The van der Waals surface area contributed by atoms with Crippen molar-refractivity contribution < 1.29 is 27.9 Å². The highest BCUT2D eigenvalue weighted by molar-refractivity contribution is 6.17. The van der Waals surface area contributed by atoms with Gasteiger partial charge in [0.15, 0.2) is 0 Å². The number of carboxylic acid groups (broad SMARTS) is 1. The van der Waals surface area contributed by atoms with Gasteiger partial charge in [-0.3, -0.25) is 4.79 Å². The molecular formula is C7H9ClF3NO3. The van der Waals surface area contributed by atoms with Crippen molar-refractivity contribution in [3.05, 3.63) is 0 Å². The third kappa shape index (κ3) is 5.46. The summed E-state index contributed by atoms with van der Waals surface area (Å²) in [5.41, 5.74) is 0. The number of carbonyl (C=O) groups is 2. The van der Waals surface area contributed by atoms with E-state index >= 15 is 0 Å². The molecule has 0 aliphatic carbocycles. The van der Waals surface area contributed by atoms with Crippen LogP contribution in [-0.4, -0.2) is 35.1 Å². The second kappa shape index (κ2) is 5.79. The molecule has 0 aliphatic rings. The van der Waals surface area contributed by atoms with E-state index in [4.69, 9.17) is 16.7 Å². The number of rotatable bonds is 5. The minimum Gasteiger partial charge on any atom is -0.480 e. The van der Waals surface area contributed by atoms with E-state index < -0.39 is 24.1 Å². The predicted molar refractivity (Wildman–Crippen MR) is 45.6 cm³/mol. The van der Waals surface area contributed by atoms with Crippen molar-refractivity contribution in [2.75, 3.05) is 5.88 Å². The molecule has 0 aromatic heterocycles. The first-order valence-electron chi connectivity index (χ1n) is 3.95. The maximum Gasteiger partial charge on any atom is 0.471 e. The first kappa shape index (κ1) is 14.0. The van der Waals surface area contributed by atoms with Gasteiger partial charge in [-0.2, -0.15) is 13.2 Å². The molecule has 0 unspecified atom stereocenters. The summed E-state index contributed by atoms with van der Waals surface area (Å²) in [7, 11) is 0. The number of amides is 1. The van der Waals surface area contributed by atoms with Crippen molar-refractivity contribution in [2.45, 2.75) is 25.1 Å². The van der Waals surface area contributed by atoms with Gasteiger partial charge < -0.3 is 10.4 Å². The Morgan fingerprint density at radius 2 is 1.93 bits per heavy atom. The summed E-state index contributed by atoms with van der Waals surface area (Å²) in [5.74, 6) is -3.66. The van der Waals surface area contributed by atoms with E-state index in [1.807, 2.05) is 0 Å². The minimum atomic E-state index is -5.07. The van der Waals surface area contributed by atoms with Gasteiger partial charge in [-0.1, -0.05) is 0 Å². The molecule has 1 atom stereocenters. The number of hydrogen-bond acceptors (Lipinski definition) is 2. The van der Waals surface area contributed by atoms with Crippen LogP contribution in [-0.2, 0) is 9.59 Å². The van der Waals surface area contributed by atoms with E-state index in [0.29, 0.717) is 0 Å². The van der Waals surface area contributed by atoms with Gasteiger partial charge in [-0.05, 0) is 12.8 Å². The van der Waals surface area contributed by atoms with Crippen molar-refractivity contribution in [2.24, 2.45) is 0 Å². The topological polar surface area (TPSA) is 66.4 Å². The lowest BCUT2D eigenvalue weighted by Crippen LogP contribution is -2.46. The van der Waals surface area contributed by atoms with Gasteiger partial charge in [0.05, 0.1) is 0 Å². The van der Waals surface area contributed by atoms with Gasteiger partial charge in [0.2, 0.25) is 0 Å². The van der Waals surface area contributed by atoms with Crippen LogP contribution in [0.25, 0.3) is 0 Å². The van der Waals surface area contributed by atoms with Crippen LogP contribution >= 0.6 is 11.6 Å². The van der Waals surface area contributed by atoms with Gasteiger partial charge in [-0.15, -0.1) is 11.6 Å². The second-order valence-corrected chi connectivity index (χ2v) is 3.07. The zero-order chi connectivity index (χ0) is 12.1. The SMILES string of the molecule is O=C(O)[C@H](CCCCl)NC(=O)C(F)(F)F. The quantitative estimate of drug-likeness (QED) is 0.716. The smallest absolute Gasteiger partial charge is 0.471 e. The van der Waals surface area contributed by atoms with Crippen LogP contribution in [0.2, 0.25) is 0 Å². The molecule has 0 radical (unpaired) electrons. The fourth-order valence-electron chi connectivity index (χ4n) is 0.779. The summed E-state index contributed by atoms with van der Waals surface area (Å²) < 4.78 is 35.3. The van der Waals surface area contributed by atoms with E-state index in [-0.39, 0.29) is 18.7 Å². The van der Waals surface area contributed by atoms with Crippen LogP contribution in [0.5, 0.6) is 0 Å². The molecule has 0 saturated carbocycles. The molecule has 0 aliphatic heterocycles. The zero-order valence-electron chi connectivity index (χ0n) is 7.47. The summed E-state index contributed by atoms with van der Waals surface area (Å²) in [4.78, 5) is 20.9. The Morgan fingerprint density at radius 1 is 1.40 bits per heavy atom. The number of nitrogens with one attached hydrogen (secondary N) is 1. The van der Waals surface area contributed by atoms with Crippen LogP contribution in [0.1, 0.15) is 12.8 Å². The van der Waals surface area contributed by atoms with Crippen LogP contribution in [0, 0.1) is 0 Å². The Morgan fingerprint density at radius 3 is 2.27 bits per heavy atom. The molecule has 0 fully saturated rings. The van der Waals surface area contributed by atoms with Gasteiger partial charge in [0, 0.05) is 5.88 Å². The molecule has 0 rings (SSSR count). The summed E-state index contributed by atoms with van der Waals surface area (Å²) in [6.45, 7) is 0. The predicted octanol–water partition coefficient (Wildman–Crippen LogP) is 1.14. The number of hydrogen-bond donors (Lipinski definition) is 2. The molecule has 0 heterocycles. The van der Waals surface area contributed by atoms with E-state index in [9.17, 15) is 22.8 Å². The first-order chi connectivity index (χ1) is 6.79. The lowest BCUT2D eigenvalue weighted by Gasteiger charge is -2.14. The minimum absolute atomic E-state index is 0.117. The molecule has 4 nitrogen and oxygen atoms in total. The average molecular weight is 248 g/mol. The van der Waals surface area contributed by atoms with Crippen LogP contribution < -0.4 is 5.32 Å². The molecule has 1 amide bonds. The summed E-state index contributed by atoms with van der Waals surface area (Å²) in [5, 5.41) is 9.86. The molecule has 88 valence electrons. The molecule has 0 bridgehead atoms. The zero-order valence-corrected chi connectivity index (χ0v) is 8.23. The maximum atomic E-state index is 11.8. The molecule has 0 aromatic carbocycles. The van der Waals surface area contributed by atoms with Crippen molar-refractivity contribution in [1.29, 1.82) is 0 Å². The number of alkyl halides is 4. The monoisotopic (exact) mass is 247 g/mol. The fourth-order valence-corrected chi connectivity index (χ4v) is 0.933. The number of halogens is 4. The van der Waals surface area contributed by atoms with Crippen molar-refractivity contribution in [3.8, 4) is 0 Å².